The van der Waals surface area contributed by atoms with Crippen molar-refractivity contribution in [1.29, 1.82) is 0 Å². The molecule has 0 aliphatic carbocycles. The average Bonchev–Trinajstić information content (AvgIpc) is 2.51. The molecule has 0 fully saturated rings. The van der Waals surface area contributed by atoms with Crippen molar-refractivity contribution >= 4 is 10.9 Å². The number of fused-ring (bicyclic) bond motifs is 1. The Labute approximate surface area is 123 Å². The van der Waals surface area contributed by atoms with Crippen LogP contribution in [0.15, 0.2) is 59.5 Å². The largest absolute Gasteiger partial charge is 0.287 e. The van der Waals surface area contributed by atoms with E-state index < -0.39 is 0 Å². The topological polar surface area (TPSA) is 34.9 Å². The van der Waals surface area contributed by atoms with Crippen LogP contribution in [0.2, 0.25) is 0 Å². The first kappa shape index (κ1) is 13.6. The third kappa shape index (κ3) is 2.72. The smallest absolute Gasteiger partial charge is 0.207 e. The first-order valence-corrected chi connectivity index (χ1v) is 7.19. The maximum Gasteiger partial charge on any atom is 0.207 e. The van der Waals surface area contributed by atoms with Gasteiger partial charge in [0.25, 0.3) is 0 Å². The molecule has 2 aromatic carbocycles. The van der Waals surface area contributed by atoms with Gasteiger partial charge in [-0.15, -0.1) is 0 Å². The van der Waals surface area contributed by atoms with Crippen LogP contribution in [-0.4, -0.2) is 9.78 Å². The number of aromatic nitrogens is 2. The molecule has 0 bridgehead atoms. The van der Waals surface area contributed by atoms with Crippen LogP contribution in [0.25, 0.3) is 10.9 Å². The summed E-state index contributed by atoms with van der Waals surface area (Å²) in [5.41, 5.74) is 3.35. The molecule has 0 spiro atoms. The Kier molecular flexibility index (Phi) is 3.57. The summed E-state index contributed by atoms with van der Waals surface area (Å²) in [6, 6.07) is 16.2. The highest BCUT2D eigenvalue weighted by Crippen LogP contribution is 2.16. The van der Waals surface area contributed by atoms with Crippen molar-refractivity contribution in [2.45, 2.75) is 26.3 Å². The van der Waals surface area contributed by atoms with E-state index in [1.54, 1.807) is 0 Å². The van der Waals surface area contributed by atoms with Gasteiger partial charge in [-0.05, 0) is 29.2 Å². The van der Waals surface area contributed by atoms with E-state index in [1.807, 2.05) is 28.9 Å². The highest BCUT2D eigenvalue weighted by molar-refractivity contribution is 5.77. The summed E-state index contributed by atoms with van der Waals surface area (Å²) >= 11 is 0. The molecule has 0 radical (unpaired) electrons. The third-order valence-corrected chi connectivity index (χ3v) is 3.74. The van der Waals surface area contributed by atoms with E-state index in [0.29, 0.717) is 17.8 Å². The lowest BCUT2D eigenvalue weighted by Gasteiger charge is -2.10. The van der Waals surface area contributed by atoms with E-state index in [1.165, 1.54) is 17.3 Å². The standard InChI is InChI=1S/C18H18N2O/c1-13(2)15-9-7-14(8-10-15)12-20-17-6-4-3-5-16(17)18(21)11-19-20/h3-11,13H,12H2,1-2H3. The lowest BCUT2D eigenvalue weighted by Crippen LogP contribution is -2.12. The van der Waals surface area contributed by atoms with Gasteiger partial charge in [-0.3, -0.25) is 9.48 Å². The maximum absolute atomic E-state index is 11.8. The van der Waals surface area contributed by atoms with Crippen LogP contribution >= 0.6 is 0 Å². The average molecular weight is 278 g/mol. The van der Waals surface area contributed by atoms with Crippen molar-refractivity contribution in [3.63, 3.8) is 0 Å². The van der Waals surface area contributed by atoms with E-state index in [0.717, 1.165) is 5.52 Å². The highest BCUT2D eigenvalue weighted by Gasteiger charge is 2.04. The Morgan fingerprint density at radius 3 is 2.48 bits per heavy atom. The van der Waals surface area contributed by atoms with Crippen molar-refractivity contribution < 1.29 is 0 Å². The predicted octanol–water partition coefficient (Wildman–Crippen LogP) is 3.57. The van der Waals surface area contributed by atoms with Crippen LogP contribution in [0.1, 0.15) is 30.9 Å². The molecule has 21 heavy (non-hydrogen) atoms. The predicted molar refractivity (Wildman–Crippen MR) is 85.6 cm³/mol. The number of hydrogen-bond donors (Lipinski definition) is 0. The summed E-state index contributed by atoms with van der Waals surface area (Å²) in [6.45, 7) is 5.04. The Hall–Kier alpha value is -2.42. The van der Waals surface area contributed by atoms with Crippen molar-refractivity contribution in [2.75, 3.05) is 0 Å². The van der Waals surface area contributed by atoms with Crippen LogP contribution in [0.4, 0.5) is 0 Å². The van der Waals surface area contributed by atoms with Gasteiger partial charge in [0.05, 0.1) is 18.3 Å². The minimum absolute atomic E-state index is 0.0306. The maximum atomic E-state index is 11.8. The number of rotatable bonds is 3. The Morgan fingerprint density at radius 2 is 1.76 bits per heavy atom. The molecule has 0 saturated heterocycles. The van der Waals surface area contributed by atoms with Crippen molar-refractivity contribution in [3.05, 3.63) is 76.1 Å². The molecular weight excluding hydrogens is 260 g/mol. The zero-order valence-electron chi connectivity index (χ0n) is 12.3. The van der Waals surface area contributed by atoms with Gasteiger partial charge in [-0.2, -0.15) is 5.10 Å². The first-order chi connectivity index (χ1) is 10.1. The summed E-state index contributed by atoms with van der Waals surface area (Å²) in [7, 11) is 0. The van der Waals surface area contributed by atoms with E-state index in [-0.39, 0.29) is 5.43 Å². The Bertz CT molecular complexity index is 816. The monoisotopic (exact) mass is 278 g/mol. The van der Waals surface area contributed by atoms with Crippen LogP contribution in [0, 0.1) is 0 Å². The van der Waals surface area contributed by atoms with Crippen LogP contribution < -0.4 is 5.43 Å². The number of nitrogens with zero attached hydrogens (tertiary/aromatic N) is 2. The number of para-hydroxylation sites is 1. The molecule has 0 N–H and O–H groups in total. The summed E-state index contributed by atoms with van der Waals surface area (Å²) < 4.78 is 1.88. The molecule has 0 aliphatic heterocycles. The first-order valence-electron chi connectivity index (χ1n) is 7.19. The van der Waals surface area contributed by atoms with Crippen molar-refractivity contribution in [1.82, 2.24) is 9.78 Å². The molecule has 1 aromatic heterocycles. The molecule has 3 rings (SSSR count). The molecule has 0 aliphatic rings. The van der Waals surface area contributed by atoms with Crippen LogP contribution in [0.5, 0.6) is 0 Å². The molecule has 1 heterocycles. The zero-order chi connectivity index (χ0) is 14.8. The SMILES string of the molecule is CC(C)c1ccc(Cn2ncc(=O)c3ccccc32)cc1. The van der Waals surface area contributed by atoms with Gasteiger partial charge in [-0.25, -0.2) is 0 Å². The molecule has 0 amide bonds. The van der Waals surface area contributed by atoms with Gasteiger partial charge in [0.1, 0.15) is 0 Å². The second-order valence-corrected chi connectivity index (χ2v) is 5.58. The molecule has 0 unspecified atom stereocenters. The Balaban J connectivity index is 1.98. The fraction of sp³-hybridized carbons (Fsp3) is 0.222. The molecule has 106 valence electrons. The van der Waals surface area contributed by atoms with Gasteiger partial charge in [0.2, 0.25) is 5.43 Å². The molecule has 3 nitrogen and oxygen atoms in total. The minimum Gasteiger partial charge on any atom is -0.287 e. The second kappa shape index (κ2) is 5.52. The lowest BCUT2D eigenvalue weighted by atomic mass is 10.0. The summed E-state index contributed by atoms with van der Waals surface area (Å²) in [5.74, 6) is 0.533. The fourth-order valence-electron chi connectivity index (χ4n) is 2.47. The second-order valence-electron chi connectivity index (χ2n) is 5.58. The molecule has 3 aromatic rings. The minimum atomic E-state index is -0.0306. The molecule has 0 atom stereocenters. The number of benzene rings is 2. The van der Waals surface area contributed by atoms with Crippen LogP contribution in [0.3, 0.4) is 0 Å². The van der Waals surface area contributed by atoms with E-state index in [2.05, 4.69) is 43.2 Å². The van der Waals surface area contributed by atoms with Gasteiger partial charge >= 0.3 is 0 Å². The summed E-state index contributed by atoms with van der Waals surface area (Å²) in [4.78, 5) is 11.8. The van der Waals surface area contributed by atoms with E-state index in [9.17, 15) is 4.79 Å². The number of hydrogen-bond acceptors (Lipinski definition) is 2. The van der Waals surface area contributed by atoms with Crippen molar-refractivity contribution in [2.24, 2.45) is 0 Å². The summed E-state index contributed by atoms with van der Waals surface area (Å²) in [6.07, 6.45) is 1.39. The summed E-state index contributed by atoms with van der Waals surface area (Å²) in [5, 5.41) is 4.98. The van der Waals surface area contributed by atoms with E-state index in [4.69, 9.17) is 0 Å². The fourth-order valence-corrected chi connectivity index (χ4v) is 2.47. The Morgan fingerprint density at radius 1 is 1.05 bits per heavy atom. The van der Waals surface area contributed by atoms with E-state index >= 15 is 0 Å². The van der Waals surface area contributed by atoms with Crippen LogP contribution in [-0.2, 0) is 6.54 Å². The lowest BCUT2D eigenvalue weighted by molar-refractivity contribution is 0.694. The molecule has 0 saturated carbocycles. The van der Waals surface area contributed by atoms with Gasteiger partial charge in [0, 0.05) is 5.39 Å². The zero-order valence-corrected chi connectivity index (χ0v) is 12.3. The molecular formula is C18H18N2O. The van der Waals surface area contributed by atoms with Gasteiger partial charge in [-0.1, -0.05) is 50.2 Å². The quantitative estimate of drug-likeness (QED) is 0.734. The normalized spacial score (nSPS) is 11.2. The van der Waals surface area contributed by atoms with Gasteiger partial charge < -0.3 is 0 Å². The van der Waals surface area contributed by atoms with Gasteiger partial charge in [0.15, 0.2) is 0 Å². The highest BCUT2D eigenvalue weighted by atomic mass is 16.1. The molecule has 3 heteroatoms. The van der Waals surface area contributed by atoms with Crippen molar-refractivity contribution in [3.8, 4) is 0 Å². The third-order valence-electron chi connectivity index (χ3n) is 3.74.